The largest absolute Gasteiger partial charge is 0.354 e. The number of hydrogen-bond donors (Lipinski definition) is 1. The number of benzene rings is 1. The van der Waals surface area contributed by atoms with Gasteiger partial charge in [-0.05, 0) is 36.1 Å². The van der Waals surface area contributed by atoms with E-state index in [4.69, 9.17) is 11.6 Å². The number of halogens is 1. The van der Waals surface area contributed by atoms with Crippen LogP contribution in [0.25, 0.3) is 0 Å². The number of aryl methyl sites for hydroxylation is 1. The Balaban J connectivity index is 1.96. The van der Waals surface area contributed by atoms with Gasteiger partial charge in [-0.1, -0.05) is 23.7 Å². The van der Waals surface area contributed by atoms with Crippen LogP contribution in [0.15, 0.2) is 40.7 Å². The van der Waals surface area contributed by atoms with Crippen LogP contribution in [0.1, 0.15) is 10.4 Å². The van der Waals surface area contributed by atoms with Crippen molar-refractivity contribution in [2.45, 2.75) is 13.5 Å². The number of hydrogen-bond acceptors (Lipinski definition) is 4. The van der Waals surface area contributed by atoms with Crippen molar-refractivity contribution >= 4 is 34.6 Å². The topological polar surface area (TPSA) is 27.6 Å². The third-order valence-corrected chi connectivity index (χ3v) is 4.36. The molecule has 1 N–H and O–H groups in total. The molecular weight excluding hydrogens is 290 g/mol. The molecule has 2 aromatic rings. The van der Waals surface area contributed by atoms with Crippen molar-refractivity contribution in [2.75, 3.05) is 18.0 Å². The lowest BCUT2D eigenvalue weighted by molar-refractivity contribution is 0.930. The third kappa shape index (κ3) is 2.81. The SMILES string of the molecule is Cc1ccc(N(Cc2cccs2)C2=NCCN2)c(Cl)c1. The van der Waals surface area contributed by atoms with Gasteiger partial charge < -0.3 is 10.2 Å². The minimum Gasteiger partial charge on any atom is -0.354 e. The molecule has 0 unspecified atom stereocenters. The Kier molecular flexibility index (Phi) is 3.94. The lowest BCUT2D eigenvalue weighted by Crippen LogP contribution is -2.38. The third-order valence-electron chi connectivity index (χ3n) is 3.20. The highest BCUT2D eigenvalue weighted by atomic mass is 35.5. The zero-order valence-corrected chi connectivity index (χ0v) is 12.8. The number of rotatable bonds is 3. The average Bonchev–Trinajstić information content (AvgIpc) is 3.10. The predicted octanol–water partition coefficient (Wildman–Crippen LogP) is 3.68. The summed E-state index contributed by atoms with van der Waals surface area (Å²) < 4.78 is 0. The summed E-state index contributed by atoms with van der Waals surface area (Å²) >= 11 is 8.17. The Labute approximate surface area is 127 Å². The zero-order chi connectivity index (χ0) is 13.9. The van der Waals surface area contributed by atoms with Crippen LogP contribution in [0.3, 0.4) is 0 Å². The van der Waals surface area contributed by atoms with Crippen molar-refractivity contribution in [3.63, 3.8) is 0 Å². The molecule has 2 heterocycles. The van der Waals surface area contributed by atoms with Crippen molar-refractivity contribution < 1.29 is 0 Å². The van der Waals surface area contributed by atoms with Crippen LogP contribution >= 0.6 is 22.9 Å². The second-order valence-electron chi connectivity index (χ2n) is 4.75. The highest BCUT2D eigenvalue weighted by molar-refractivity contribution is 7.09. The molecule has 0 saturated heterocycles. The Hall–Kier alpha value is -1.52. The van der Waals surface area contributed by atoms with Gasteiger partial charge in [0.2, 0.25) is 0 Å². The highest BCUT2D eigenvalue weighted by Crippen LogP contribution is 2.29. The molecule has 1 aromatic heterocycles. The van der Waals surface area contributed by atoms with Gasteiger partial charge in [-0.15, -0.1) is 11.3 Å². The summed E-state index contributed by atoms with van der Waals surface area (Å²) in [5, 5.41) is 6.18. The molecule has 0 bridgehead atoms. The molecule has 0 radical (unpaired) electrons. The van der Waals surface area contributed by atoms with Gasteiger partial charge in [0.1, 0.15) is 0 Å². The maximum absolute atomic E-state index is 6.42. The van der Waals surface area contributed by atoms with E-state index >= 15 is 0 Å². The molecule has 0 aliphatic carbocycles. The maximum atomic E-state index is 6.42. The van der Waals surface area contributed by atoms with Crippen LogP contribution in [0, 0.1) is 6.92 Å². The van der Waals surface area contributed by atoms with Gasteiger partial charge in [-0.2, -0.15) is 0 Å². The molecule has 20 heavy (non-hydrogen) atoms. The first-order valence-electron chi connectivity index (χ1n) is 6.58. The summed E-state index contributed by atoms with van der Waals surface area (Å²) in [6.07, 6.45) is 0. The number of anilines is 1. The number of nitrogens with one attached hydrogen (secondary N) is 1. The average molecular weight is 306 g/mol. The summed E-state index contributed by atoms with van der Waals surface area (Å²) in [5.41, 5.74) is 2.16. The van der Waals surface area contributed by atoms with E-state index in [9.17, 15) is 0 Å². The van der Waals surface area contributed by atoms with Crippen LogP contribution in [0.4, 0.5) is 5.69 Å². The highest BCUT2D eigenvalue weighted by Gasteiger charge is 2.19. The zero-order valence-electron chi connectivity index (χ0n) is 11.3. The van der Waals surface area contributed by atoms with Gasteiger partial charge in [0, 0.05) is 11.4 Å². The quantitative estimate of drug-likeness (QED) is 0.937. The first-order valence-corrected chi connectivity index (χ1v) is 7.84. The van der Waals surface area contributed by atoms with E-state index in [1.807, 2.05) is 13.0 Å². The van der Waals surface area contributed by atoms with Crippen molar-refractivity contribution in [3.8, 4) is 0 Å². The van der Waals surface area contributed by atoms with Crippen LogP contribution in [-0.2, 0) is 6.54 Å². The smallest absolute Gasteiger partial charge is 0.199 e. The number of thiophene rings is 1. The second-order valence-corrected chi connectivity index (χ2v) is 6.19. The fourth-order valence-corrected chi connectivity index (χ4v) is 3.26. The summed E-state index contributed by atoms with van der Waals surface area (Å²) in [6.45, 7) is 4.54. The van der Waals surface area contributed by atoms with Gasteiger partial charge in [0.05, 0.1) is 23.8 Å². The molecule has 0 spiro atoms. The molecular formula is C15H16ClN3S. The van der Waals surface area contributed by atoms with E-state index in [1.54, 1.807) is 11.3 Å². The van der Waals surface area contributed by atoms with Crippen molar-refractivity contribution in [1.29, 1.82) is 0 Å². The summed E-state index contributed by atoms with van der Waals surface area (Å²) in [6, 6.07) is 10.3. The summed E-state index contributed by atoms with van der Waals surface area (Å²) in [7, 11) is 0. The van der Waals surface area contributed by atoms with Crippen molar-refractivity contribution in [3.05, 3.63) is 51.2 Å². The Morgan fingerprint density at radius 3 is 2.95 bits per heavy atom. The normalized spacial score (nSPS) is 14.0. The van der Waals surface area contributed by atoms with Crippen LogP contribution in [0.2, 0.25) is 5.02 Å². The molecule has 1 aliphatic rings. The van der Waals surface area contributed by atoms with Gasteiger partial charge >= 0.3 is 0 Å². The Morgan fingerprint density at radius 2 is 2.30 bits per heavy atom. The van der Waals surface area contributed by atoms with Crippen LogP contribution < -0.4 is 10.2 Å². The van der Waals surface area contributed by atoms with E-state index in [2.05, 4.69) is 44.9 Å². The van der Waals surface area contributed by atoms with E-state index < -0.39 is 0 Å². The molecule has 1 aromatic carbocycles. The first kappa shape index (κ1) is 13.5. The molecule has 0 fully saturated rings. The lowest BCUT2D eigenvalue weighted by atomic mass is 10.2. The second kappa shape index (κ2) is 5.85. The van der Waals surface area contributed by atoms with Crippen LogP contribution in [0.5, 0.6) is 0 Å². The van der Waals surface area contributed by atoms with E-state index in [-0.39, 0.29) is 0 Å². The van der Waals surface area contributed by atoms with Gasteiger partial charge in [-0.3, -0.25) is 4.99 Å². The molecule has 0 saturated carbocycles. The number of nitrogens with zero attached hydrogens (tertiary/aromatic N) is 2. The van der Waals surface area contributed by atoms with E-state index in [0.29, 0.717) is 0 Å². The summed E-state index contributed by atoms with van der Waals surface area (Å²) in [4.78, 5) is 7.98. The fraction of sp³-hybridized carbons (Fsp3) is 0.267. The molecule has 0 amide bonds. The molecule has 3 rings (SSSR count). The van der Waals surface area contributed by atoms with E-state index in [0.717, 1.165) is 41.9 Å². The molecule has 0 atom stereocenters. The maximum Gasteiger partial charge on any atom is 0.199 e. The molecule has 3 nitrogen and oxygen atoms in total. The van der Waals surface area contributed by atoms with Gasteiger partial charge in [0.25, 0.3) is 0 Å². The molecule has 5 heteroatoms. The van der Waals surface area contributed by atoms with E-state index in [1.165, 1.54) is 4.88 Å². The number of guanidine groups is 1. The van der Waals surface area contributed by atoms with Gasteiger partial charge in [-0.25, -0.2) is 0 Å². The number of aliphatic imine (C=N–C) groups is 1. The predicted molar refractivity (Wildman–Crippen MR) is 87.0 cm³/mol. The summed E-state index contributed by atoms with van der Waals surface area (Å²) in [5.74, 6) is 0.907. The lowest BCUT2D eigenvalue weighted by Gasteiger charge is -2.25. The fourth-order valence-electron chi connectivity index (χ4n) is 2.23. The minimum atomic E-state index is 0.762. The van der Waals surface area contributed by atoms with Crippen LogP contribution in [-0.4, -0.2) is 19.0 Å². The Bertz CT molecular complexity index is 622. The van der Waals surface area contributed by atoms with Gasteiger partial charge in [0.15, 0.2) is 5.96 Å². The van der Waals surface area contributed by atoms with Crippen molar-refractivity contribution in [1.82, 2.24) is 5.32 Å². The Morgan fingerprint density at radius 1 is 1.40 bits per heavy atom. The standard InChI is InChI=1S/C15H16ClN3S/c1-11-4-5-14(13(16)9-11)19(15-17-6-7-18-15)10-12-3-2-8-20-12/h2-5,8-9H,6-7,10H2,1H3,(H,17,18). The molecule has 1 aliphatic heterocycles. The van der Waals surface area contributed by atoms with Crippen molar-refractivity contribution in [2.24, 2.45) is 4.99 Å². The first-order chi connectivity index (χ1) is 9.74. The minimum absolute atomic E-state index is 0.762. The monoisotopic (exact) mass is 305 g/mol. The molecule has 104 valence electrons.